The van der Waals surface area contributed by atoms with E-state index < -0.39 is 12.5 Å². The van der Waals surface area contributed by atoms with Crippen LogP contribution in [0.15, 0.2) is 54.3 Å². The summed E-state index contributed by atoms with van der Waals surface area (Å²) in [7, 11) is 0. The van der Waals surface area contributed by atoms with Crippen LogP contribution in [0.4, 0.5) is 14.6 Å². The first-order valence-electron chi connectivity index (χ1n) is 7.97. The minimum absolute atomic E-state index is 0.0212. The van der Waals surface area contributed by atoms with E-state index in [9.17, 15) is 13.6 Å². The van der Waals surface area contributed by atoms with Crippen LogP contribution in [0.5, 0.6) is 5.75 Å². The van der Waals surface area contributed by atoms with Crippen LogP contribution in [0.3, 0.4) is 0 Å². The third kappa shape index (κ3) is 3.91. The van der Waals surface area contributed by atoms with Gasteiger partial charge in [-0.3, -0.25) is 9.78 Å². The zero-order valence-corrected chi connectivity index (χ0v) is 14.9. The van der Waals surface area contributed by atoms with Gasteiger partial charge in [0.25, 0.3) is 5.91 Å². The molecule has 3 aromatic heterocycles. The van der Waals surface area contributed by atoms with Crippen LogP contribution < -0.4 is 10.1 Å². The molecule has 4 rings (SSSR count). The SMILES string of the molecule is O=C(Nc1cc2cc(-c3nncs3)ncc2cn1)c1ccc(OC(F)F)cc1. The monoisotopic (exact) mass is 399 g/mol. The molecule has 0 fully saturated rings. The second kappa shape index (κ2) is 7.61. The molecule has 1 N–H and O–H groups in total. The number of rotatable bonds is 5. The Hall–Kier alpha value is -3.53. The smallest absolute Gasteiger partial charge is 0.387 e. The molecule has 0 aliphatic rings. The highest BCUT2D eigenvalue weighted by atomic mass is 32.1. The number of halogens is 2. The summed E-state index contributed by atoms with van der Waals surface area (Å²) < 4.78 is 28.6. The lowest BCUT2D eigenvalue weighted by Crippen LogP contribution is -2.13. The molecule has 4 aromatic rings. The second-order valence-corrected chi connectivity index (χ2v) is 6.42. The van der Waals surface area contributed by atoms with E-state index in [0.29, 0.717) is 16.5 Å². The molecular formula is C18H11F2N5O2S. The van der Waals surface area contributed by atoms with Crippen molar-refractivity contribution in [3.63, 3.8) is 0 Å². The van der Waals surface area contributed by atoms with E-state index in [2.05, 4.69) is 30.2 Å². The molecule has 0 aliphatic carbocycles. The highest BCUT2D eigenvalue weighted by molar-refractivity contribution is 7.12. The zero-order valence-electron chi connectivity index (χ0n) is 14.0. The van der Waals surface area contributed by atoms with Gasteiger partial charge in [0.1, 0.15) is 22.8 Å². The number of nitrogens with zero attached hydrogens (tertiary/aromatic N) is 4. The number of pyridine rings is 2. The first kappa shape index (κ1) is 17.9. The quantitative estimate of drug-likeness (QED) is 0.546. The topological polar surface area (TPSA) is 89.9 Å². The molecule has 28 heavy (non-hydrogen) atoms. The summed E-state index contributed by atoms with van der Waals surface area (Å²) in [4.78, 5) is 20.9. The summed E-state index contributed by atoms with van der Waals surface area (Å²) in [6.45, 7) is -2.92. The number of fused-ring (bicyclic) bond motifs is 1. The van der Waals surface area contributed by atoms with Gasteiger partial charge in [0.05, 0.1) is 0 Å². The van der Waals surface area contributed by atoms with Gasteiger partial charge in [-0.15, -0.1) is 10.2 Å². The summed E-state index contributed by atoms with van der Waals surface area (Å²) in [5.41, 5.74) is 2.58. The van der Waals surface area contributed by atoms with Gasteiger partial charge in [-0.2, -0.15) is 8.78 Å². The Labute approximate surface area is 161 Å². The first-order valence-corrected chi connectivity index (χ1v) is 8.85. The average molecular weight is 399 g/mol. The van der Waals surface area contributed by atoms with Gasteiger partial charge in [-0.05, 0) is 41.8 Å². The van der Waals surface area contributed by atoms with Crippen LogP contribution in [0.1, 0.15) is 10.4 Å². The Morgan fingerprint density at radius 2 is 1.86 bits per heavy atom. The molecule has 0 radical (unpaired) electrons. The summed E-state index contributed by atoms with van der Waals surface area (Å²) in [6.07, 6.45) is 3.27. The number of aromatic nitrogens is 4. The standard InChI is InChI=1S/C18H11F2N5O2S/c19-18(20)27-13-3-1-10(2-4-13)16(26)24-15-6-11-5-14(17-25-23-9-28-17)21-7-12(11)8-22-15/h1-9,18H,(H,22,24,26). The Morgan fingerprint density at radius 3 is 2.57 bits per heavy atom. The zero-order chi connectivity index (χ0) is 19.5. The normalized spacial score (nSPS) is 11.0. The molecule has 1 aromatic carbocycles. The Kier molecular flexibility index (Phi) is 4.85. The predicted molar refractivity (Wildman–Crippen MR) is 99.5 cm³/mol. The van der Waals surface area contributed by atoms with Crippen molar-refractivity contribution < 1.29 is 18.3 Å². The fourth-order valence-corrected chi connectivity index (χ4v) is 3.01. The number of hydrogen-bond donors (Lipinski definition) is 1. The Morgan fingerprint density at radius 1 is 1.07 bits per heavy atom. The van der Waals surface area contributed by atoms with E-state index in [-0.39, 0.29) is 11.3 Å². The van der Waals surface area contributed by atoms with Crippen molar-refractivity contribution in [2.45, 2.75) is 6.61 Å². The van der Waals surface area contributed by atoms with Gasteiger partial charge in [0.15, 0.2) is 5.01 Å². The lowest BCUT2D eigenvalue weighted by molar-refractivity contribution is -0.0498. The summed E-state index contributed by atoms with van der Waals surface area (Å²) in [5.74, 6) is -0.0965. The molecule has 0 bridgehead atoms. The van der Waals surface area contributed by atoms with Crippen molar-refractivity contribution in [1.82, 2.24) is 20.2 Å². The van der Waals surface area contributed by atoms with Gasteiger partial charge in [-0.1, -0.05) is 11.3 Å². The van der Waals surface area contributed by atoms with Gasteiger partial charge in [0.2, 0.25) is 0 Å². The minimum atomic E-state index is -2.92. The van der Waals surface area contributed by atoms with Crippen molar-refractivity contribution in [2.75, 3.05) is 5.32 Å². The van der Waals surface area contributed by atoms with E-state index in [1.807, 2.05) is 6.07 Å². The van der Waals surface area contributed by atoms with Gasteiger partial charge >= 0.3 is 6.61 Å². The number of ether oxygens (including phenoxy) is 1. The molecule has 0 aliphatic heterocycles. The lowest BCUT2D eigenvalue weighted by Gasteiger charge is -2.08. The fraction of sp³-hybridized carbons (Fsp3) is 0.0556. The molecule has 0 saturated carbocycles. The Bertz CT molecular complexity index is 1120. The van der Waals surface area contributed by atoms with E-state index in [1.54, 1.807) is 24.0 Å². The van der Waals surface area contributed by atoms with Crippen molar-refractivity contribution in [1.29, 1.82) is 0 Å². The van der Waals surface area contributed by atoms with Crippen LogP contribution >= 0.6 is 11.3 Å². The predicted octanol–water partition coefficient (Wildman–Crippen LogP) is 4.00. The minimum Gasteiger partial charge on any atom is -0.435 e. The molecule has 0 spiro atoms. The highest BCUT2D eigenvalue weighted by Crippen LogP contribution is 2.24. The van der Waals surface area contributed by atoms with Crippen molar-refractivity contribution in [3.05, 3.63) is 59.9 Å². The maximum absolute atomic E-state index is 12.4. The third-order valence-corrected chi connectivity index (χ3v) is 4.48. The van der Waals surface area contributed by atoms with E-state index in [0.717, 1.165) is 10.8 Å². The molecule has 7 nitrogen and oxygen atoms in total. The summed E-state index contributed by atoms with van der Waals surface area (Å²) >= 11 is 1.37. The highest BCUT2D eigenvalue weighted by Gasteiger charge is 2.10. The van der Waals surface area contributed by atoms with Crippen LogP contribution in [0.2, 0.25) is 0 Å². The second-order valence-electron chi connectivity index (χ2n) is 5.59. The summed E-state index contributed by atoms with van der Waals surface area (Å²) in [5, 5.41) is 12.8. The molecule has 1 amide bonds. The number of alkyl halides is 2. The van der Waals surface area contributed by atoms with Crippen LogP contribution in [0, 0.1) is 0 Å². The molecule has 0 atom stereocenters. The number of hydrogen-bond acceptors (Lipinski definition) is 7. The van der Waals surface area contributed by atoms with Crippen molar-refractivity contribution in [3.8, 4) is 16.5 Å². The molecular weight excluding hydrogens is 388 g/mol. The maximum Gasteiger partial charge on any atom is 0.387 e. The number of benzene rings is 1. The fourth-order valence-electron chi connectivity index (χ4n) is 2.48. The maximum atomic E-state index is 12.4. The average Bonchev–Trinajstić information content (AvgIpc) is 3.22. The Balaban J connectivity index is 1.54. The number of amides is 1. The lowest BCUT2D eigenvalue weighted by atomic mass is 10.2. The van der Waals surface area contributed by atoms with Crippen molar-refractivity contribution in [2.24, 2.45) is 0 Å². The number of carbonyl (C=O) groups is 1. The summed E-state index contributed by atoms with van der Waals surface area (Å²) in [6, 6.07) is 8.94. The van der Waals surface area contributed by atoms with E-state index in [4.69, 9.17) is 0 Å². The van der Waals surface area contributed by atoms with Crippen molar-refractivity contribution >= 4 is 33.8 Å². The number of carbonyl (C=O) groups excluding carboxylic acids is 1. The van der Waals surface area contributed by atoms with Crippen LogP contribution in [-0.2, 0) is 0 Å². The third-order valence-electron chi connectivity index (χ3n) is 3.77. The number of anilines is 1. The van der Waals surface area contributed by atoms with Crippen LogP contribution in [0.25, 0.3) is 21.5 Å². The first-order chi connectivity index (χ1) is 13.6. The molecule has 3 heterocycles. The van der Waals surface area contributed by atoms with Crippen LogP contribution in [-0.4, -0.2) is 32.7 Å². The van der Waals surface area contributed by atoms with Gasteiger partial charge < -0.3 is 10.1 Å². The van der Waals surface area contributed by atoms with Gasteiger partial charge in [-0.25, -0.2) is 4.98 Å². The van der Waals surface area contributed by atoms with E-state index >= 15 is 0 Å². The van der Waals surface area contributed by atoms with Gasteiger partial charge in [0, 0.05) is 23.3 Å². The van der Waals surface area contributed by atoms with E-state index in [1.165, 1.54) is 35.6 Å². The molecule has 0 unspecified atom stereocenters. The molecule has 140 valence electrons. The molecule has 10 heteroatoms. The molecule has 0 saturated heterocycles. The number of nitrogens with one attached hydrogen (secondary N) is 1. The largest absolute Gasteiger partial charge is 0.435 e.